The highest BCUT2D eigenvalue weighted by Gasteiger charge is 2.21. The van der Waals surface area contributed by atoms with E-state index in [2.05, 4.69) is 15.2 Å². The molecule has 134 valence electrons. The predicted octanol–water partition coefficient (Wildman–Crippen LogP) is 1.49. The van der Waals surface area contributed by atoms with Crippen LogP contribution in [0, 0.1) is 5.82 Å². The number of ether oxygens (including phenoxy) is 1. The van der Waals surface area contributed by atoms with Crippen LogP contribution in [0.4, 0.5) is 4.39 Å². The number of nitrogens with zero attached hydrogens (tertiary/aromatic N) is 3. The van der Waals surface area contributed by atoms with E-state index in [-0.39, 0.29) is 11.7 Å². The highest BCUT2D eigenvalue weighted by Crippen LogP contribution is 2.21. The minimum absolute atomic E-state index is 0.0520. The van der Waals surface area contributed by atoms with E-state index < -0.39 is 6.04 Å². The lowest BCUT2D eigenvalue weighted by molar-refractivity contribution is -0.122. The number of benzene rings is 1. The number of carbonyl (C=O) groups excluding carboxylic acids is 1. The van der Waals surface area contributed by atoms with Gasteiger partial charge in [0.25, 0.3) is 0 Å². The molecule has 0 aliphatic carbocycles. The van der Waals surface area contributed by atoms with Crippen molar-refractivity contribution >= 4 is 5.91 Å². The van der Waals surface area contributed by atoms with Crippen molar-refractivity contribution in [2.45, 2.75) is 12.5 Å². The second-order valence-corrected chi connectivity index (χ2v) is 6.15. The molecule has 1 aliphatic heterocycles. The second-order valence-electron chi connectivity index (χ2n) is 6.15. The van der Waals surface area contributed by atoms with Crippen molar-refractivity contribution in [2.24, 2.45) is 7.05 Å². The monoisotopic (exact) mass is 346 g/mol. The smallest absolute Gasteiger partial charge is 0.222 e. The summed E-state index contributed by atoms with van der Waals surface area (Å²) in [5.74, 6) is 0.358. The fourth-order valence-electron chi connectivity index (χ4n) is 2.93. The number of hydrogen-bond donors (Lipinski definition) is 1. The van der Waals surface area contributed by atoms with Crippen LogP contribution in [0.15, 0.2) is 36.7 Å². The summed E-state index contributed by atoms with van der Waals surface area (Å²) in [7, 11) is 1.87. The normalized spacial score (nSPS) is 16.6. The topological polar surface area (TPSA) is 59.4 Å². The lowest BCUT2D eigenvalue weighted by atomic mass is 10.1. The van der Waals surface area contributed by atoms with E-state index in [9.17, 15) is 9.18 Å². The number of hydrogen-bond acceptors (Lipinski definition) is 4. The molecule has 1 saturated heterocycles. The van der Waals surface area contributed by atoms with Crippen LogP contribution in [0.1, 0.15) is 23.9 Å². The number of halogens is 1. The van der Waals surface area contributed by atoms with Gasteiger partial charge in [-0.05, 0) is 17.7 Å². The number of rotatable bonds is 6. The average molecular weight is 346 g/mol. The Hall–Kier alpha value is -2.25. The fraction of sp³-hybridized carbons (Fsp3) is 0.444. The first-order valence-electron chi connectivity index (χ1n) is 8.45. The average Bonchev–Trinajstić information content (AvgIpc) is 3.05. The third-order valence-electron chi connectivity index (χ3n) is 4.38. The zero-order chi connectivity index (χ0) is 17.6. The predicted molar refractivity (Wildman–Crippen MR) is 91.5 cm³/mol. The van der Waals surface area contributed by atoms with Gasteiger partial charge in [0, 0.05) is 45.5 Å². The Morgan fingerprint density at radius 2 is 2.04 bits per heavy atom. The second kappa shape index (κ2) is 8.22. The molecule has 2 aromatic rings. The largest absolute Gasteiger partial charge is 0.379 e. The molecular formula is C18H23FN4O2. The molecule has 1 aromatic carbocycles. The van der Waals surface area contributed by atoms with Crippen LogP contribution in [-0.4, -0.2) is 53.2 Å². The summed E-state index contributed by atoms with van der Waals surface area (Å²) in [5.41, 5.74) is 0.801. The van der Waals surface area contributed by atoms with Crippen molar-refractivity contribution in [3.63, 3.8) is 0 Å². The number of imidazole rings is 1. The number of carbonyl (C=O) groups is 1. The van der Waals surface area contributed by atoms with Crippen molar-refractivity contribution in [2.75, 3.05) is 32.8 Å². The Balaban J connectivity index is 1.68. The van der Waals surface area contributed by atoms with Crippen molar-refractivity contribution < 1.29 is 13.9 Å². The number of nitrogens with one attached hydrogen (secondary N) is 1. The molecule has 1 atom stereocenters. The van der Waals surface area contributed by atoms with Crippen LogP contribution in [-0.2, 0) is 16.6 Å². The first kappa shape index (κ1) is 17.6. The highest BCUT2D eigenvalue weighted by atomic mass is 19.1. The molecule has 2 heterocycles. The quantitative estimate of drug-likeness (QED) is 0.861. The summed E-state index contributed by atoms with van der Waals surface area (Å²) in [6.45, 7) is 3.84. The standard InChI is InChI=1S/C18H23FN4O2/c1-22-9-7-20-18(22)17(14-2-4-15(19)5-3-14)21-16(24)6-8-23-10-12-25-13-11-23/h2-5,7,9,17H,6,8,10-13H2,1H3,(H,21,24). The molecule has 0 radical (unpaired) electrons. The van der Waals surface area contributed by atoms with Gasteiger partial charge in [-0.2, -0.15) is 0 Å². The van der Waals surface area contributed by atoms with Gasteiger partial charge in [0.2, 0.25) is 5.91 Å². The van der Waals surface area contributed by atoms with E-state index in [1.165, 1.54) is 12.1 Å². The van der Waals surface area contributed by atoms with Crippen LogP contribution in [0.3, 0.4) is 0 Å². The molecule has 0 saturated carbocycles. The molecule has 7 heteroatoms. The maximum atomic E-state index is 13.2. The minimum atomic E-state index is -0.405. The molecule has 3 rings (SSSR count). The molecule has 1 aliphatic rings. The van der Waals surface area contributed by atoms with Crippen molar-refractivity contribution in [1.82, 2.24) is 19.8 Å². The highest BCUT2D eigenvalue weighted by molar-refractivity contribution is 5.77. The van der Waals surface area contributed by atoms with E-state index in [0.717, 1.165) is 18.7 Å². The molecule has 1 amide bonds. The van der Waals surface area contributed by atoms with Gasteiger partial charge in [0.1, 0.15) is 17.7 Å². The fourth-order valence-corrected chi connectivity index (χ4v) is 2.93. The van der Waals surface area contributed by atoms with Gasteiger partial charge in [0.05, 0.1) is 13.2 Å². The number of aryl methyl sites for hydroxylation is 1. The van der Waals surface area contributed by atoms with Crippen LogP contribution < -0.4 is 5.32 Å². The summed E-state index contributed by atoms with van der Waals surface area (Å²) >= 11 is 0. The third kappa shape index (κ3) is 4.64. The van der Waals surface area contributed by atoms with Gasteiger partial charge >= 0.3 is 0 Å². The summed E-state index contributed by atoms with van der Waals surface area (Å²) in [6, 6.07) is 5.74. The number of aromatic nitrogens is 2. The third-order valence-corrected chi connectivity index (χ3v) is 4.38. The van der Waals surface area contributed by atoms with Crippen molar-refractivity contribution in [3.8, 4) is 0 Å². The minimum Gasteiger partial charge on any atom is -0.379 e. The van der Waals surface area contributed by atoms with Gasteiger partial charge in [0.15, 0.2) is 0 Å². The molecule has 6 nitrogen and oxygen atoms in total. The van der Waals surface area contributed by atoms with Crippen molar-refractivity contribution in [1.29, 1.82) is 0 Å². The molecule has 1 fully saturated rings. The van der Waals surface area contributed by atoms with Crippen LogP contribution in [0.25, 0.3) is 0 Å². The SMILES string of the molecule is Cn1ccnc1C(NC(=O)CCN1CCOCC1)c1ccc(F)cc1. The van der Waals surface area contributed by atoms with Crippen LogP contribution in [0.2, 0.25) is 0 Å². The molecule has 1 N–H and O–H groups in total. The molecular weight excluding hydrogens is 323 g/mol. The Kier molecular flexibility index (Phi) is 5.78. The van der Waals surface area contributed by atoms with E-state index >= 15 is 0 Å². The van der Waals surface area contributed by atoms with Crippen LogP contribution in [0.5, 0.6) is 0 Å². The number of morpholine rings is 1. The summed E-state index contributed by atoms with van der Waals surface area (Å²) in [4.78, 5) is 19.0. The zero-order valence-corrected chi connectivity index (χ0v) is 14.3. The van der Waals surface area contributed by atoms with Crippen molar-refractivity contribution in [3.05, 3.63) is 53.9 Å². The van der Waals surface area contributed by atoms with E-state index in [1.54, 1.807) is 18.3 Å². The van der Waals surface area contributed by atoms with Gasteiger partial charge in [-0.1, -0.05) is 12.1 Å². The molecule has 25 heavy (non-hydrogen) atoms. The molecule has 0 spiro atoms. The lowest BCUT2D eigenvalue weighted by Crippen LogP contribution is -2.39. The van der Waals surface area contributed by atoms with E-state index in [1.807, 2.05) is 17.8 Å². The Morgan fingerprint density at radius 3 is 2.68 bits per heavy atom. The van der Waals surface area contributed by atoms with Gasteiger partial charge in [-0.15, -0.1) is 0 Å². The maximum Gasteiger partial charge on any atom is 0.222 e. The van der Waals surface area contributed by atoms with Gasteiger partial charge < -0.3 is 14.6 Å². The Labute approximate surface area is 146 Å². The zero-order valence-electron chi connectivity index (χ0n) is 14.3. The van der Waals surface area contributed by atoms with Gasteiger partial charge in [-0.3, -0.25) is 9.69 Å². The first-order chi connectivity index (χ1) is 12.1. The Bertz CT molecular complexity index is 695. The molecule has 0 bridgehead atoms. The van der Waals surface area contributed by atoms with E-state index in [0.29, 0.717) is 32.0 Å². The summed E-state index contributed by atoms with van der Waals surface area (Å²) < 4.78 is 20.4. The van der Waals surface area contributed by atoms with Gasteiger partial charge in [-0.25, -0.2) is 9.37 Å². The summed E-state index contributed by atoms with van der Waals surface area (Å²) in [5, 5.41) is 3.03. The summed E-state index contributed by atoms with van der Waals surface area (Å²) in [6.07, 6.45) is 3.92. The lowest BCUT2D eigenvalue weighted by Gasteiger charge is -2.26. The van der Waals surface area contributed by atoms with Crippen LogP contribution >= 0.6 is 0 Å². The molecule has 1 unspecified atom stereocenters. The number of amides is 1. The maximum absolute atomic E-state index is 13.2. The Morgan fingerprint density at radius 1 is 1.32 bits per heavy atom. The van der Waals surface area contributed by atoms with E-state index in [4.69, 9.17) is 4.74 Å². The first-order valence-corrected chi connectivity index (χ1v) is 8.45. The molecule has 1 aromatic heterocycles.